The number of anilines is 2. The van der Waals surface area contributed by atoms with E-state index in [1.54, 1.807) is 6.07 Å². The summed E-state index contributed by atoms with van der Waals surface area (Å²) < 4.78 is 3.90. The molecule has 0 spiro atoms. The third-order valence-corrected chi connectivity index (χ3v) is 6.07. The van der Waals surface area contributed by atoms with E-state index in [0.717, 1.165) is 6.42 Å². The highest BCUT2D eigenvalue weighted by atomic mass is 32.1. The molecule has 0 aliphatic heterocycles. The molecule has 1 unspecified atom stereocenters. The van der Waals surface area contributed by atoms with Crippen LogP contribution in [0.3, 0.4) is 0 Å². The second-order valence-electron chi connectivity index (χ2n) is 8.30. The molecule has 184 valence electrons. The summed E-state index contributed by atoms with van der Waals surface area (Å²) in [6.45, 7) is 4.42. The summed E-state index contributed by atoms with van der Waals surface area (Å²) in [6.07, 6.45) is 0.720. The second kappa shape index (κ2) is 10.9. The first-order chi connectivity index (χ1) is 16.6. The molecule has 0 bridgehead atoms. The minimum absolute atomic E-state index is 0.0132. The number of carbonyl (C=O) groups is 3. The van der Waals surface area contributed by atoms with Gasteiger partial charge in [-0.05, 0) is 53.7 Å². The first kappa shape index (κ1) is 25.5. The topological polar surface area (TPSA) is 172 Å². The molecule has 2 aromatic carbocycles. The van der Waals surface area contributed by atoms with Crippen molar-refractivity contribution in [1.82, 2.24) is 9.69 Å². The molecule has 0 radical (unpaired) electrons. The Kier molecular flexibility index (Phi) is 7.92. The summed E-state index contributed by atoms with van der Waals surface area (Å²) >= 11 is 0.687. The molecule has 10 nitrogen and oxygen atoms in total. The van der Waals surface area contributed by atoms with E-state index >= 15 is 0 Å². The fourth-order valence-corrected chi connectivity index (χ4v) is 4.16. The smallest absolute Gasteiger partial charge is 0.273 e. The zero-order valence-corrected chi connectivity index (χ0v) is 20.1. The van der Waals surface area contributed by atoms with Gasteiger partial charge in [0.2, 0.25) is 5.91 Å². The molecule has 0 aliphatic rings. The standard InChI is InChI=1S/C24H27N5O5S/c1-13(2)10-11-27-23(33)20(14-6-8-16(30)9-7-14)29(15-4-3-5-17(31)12-15)24(34)21-18(25)19(22(26)32)28-35-21/h3-9,12-13,20,30-31H,10-11,25H2,1-2H3,(H2,26,32)(H,27,33). The number of phenolic OH excluding ortho intramolecular Hbond substituents is 2. The molecule has 35 heavy (non-hydrogen) atoms. The fourth-order valence-electron chi connectivity index (χ4n) is 3.42. The zero-order chi connectivity index (χ0) is 25.7. The van der Waals surface area contributed by atoms with Crippen LogP contribution in [0.4, 0.5) is 11.4 Å². The Bertz CT molecular complexity index is 1230. The van der Waals surface area contributed by atoms with Gasteiger partial charge in [-0.15, -0.1) is 0 Å². The normalized spacial score (nSPS) is 11.7. The Morgan fingerprint density at radius 2 is 1.77 bits per heavy atom. The second-order valence-corrected chi connectivity index (χ2v) is 9.07. The number of phenols is 2. The summed E-state index contributed by atoms with van der Waals surface area (Å²) in [6, 6.07) is 10.5. The van der Waals surface area contributed by atoms with Crippen LogP contribution >= 0.6 is 11.5 Å². The Labute approximate surface area is 206 Å². The number of carbonyl (C=O) groups excluding carboxylic acids is 3. The minimum Gasteiger partial charge on any atom is -0.508 e. The maximum atomic E-state index is 13.8. The highest BCUT2D eigenvalue weighted by Crippen LogP contribution is 2.34. The van der Waals surface area contributed by atoms with Crippen molar-refractivity contribution in [1.29, 1.82) is 0 Å². The molecule has 1 atom stereocenters. The largest absolute Gasteiger partial charge is 0.508 e. The first-order valence-corrected chi connectivity index (χ1v) is 11.6. The number of nitrogens with zero attached hydrogens (tertiary/aromatic N) is 2. The van der Waals surface area contributed by atoms with Gasteiger partial charge in [-0.3, -0.25) is 19.3 Å². The van der Waals surface area contributed by atoms with E-state index in [2.05, 4.69) is 9.69 Å². The van der Waals surface area contributed by atoms with Crippen LogP contribution in [0.15, 0.2) is 48.5 Å². The van der Waals surface area contributed by atoms with Crippen LogP contribution in [0.5, 0.6) is 11.5 Å². The number of primary amides is 1. The summed E-state index contributed by atoms with van der Waals surface area (Å²) in [7, 11) is 0. The number of rotatable bonds is 9. The molecule has 0 fully saturated rings. The van der Waals surface area contributed by atoms with Gasteiger partial charge in [0, 0.05) is 18.3 Å². The lowest BCUT2D eigenvalue weighted by molar-refractivity contribution is -0.122. The van der Waals surface area contributed by atoms with Gasteiger partial charge in [0.05, 0.1) is 5.69 Å². The Balaban J connectivity index is 2.16. The molecule has 0 saturated heterocycles. The number of nitrogen functional groups attached to an aromatic ring is 1. The first-order valence-electron chi connectivity index (χ1n) is 10.8. The van der Waals surface area contributed by atoms with Crippen molar-refractivity contribution in [2.24, 2.45) is 11.7 Å². The van der Waals surface area contributed by atoms with Gasteiger partial charge in [-0.2, -0.15) is 4.37 Å². The predicted molar refractivity (Wildman–Crippen MR) is 133 cm³/mol. The summed E-state index contributed by atoms with van der Waals surface area (Å²) in [5.41, 5.74) is 11.5. The molecular weight excluding hydrogens is 470 g/mol. The number of nitrogens with two attached hydrogens (primary N) is 2. The molecular formula is C24H27N5O5S. The molecule has 11 heteroatoms. The van der Waals surface area contributed by atoms with Crippen molar-refractivity contribution in [2.45, 2.75) is 26.3 Å². The van der Waals surface area contributed by atoms with Crippen molar-refractivity contribution in [3.05, 3.63) is 64.7 Å². The minimum atomic E-state index is -1.20. The molecule has 0 aliphatic carbocycles. The maximum absolute atomic E-state index is 13.8. The highest BCUT2D eigenvalue weighted by molar-refractivity contribution is 7.09. The van der Waals surface area contributed by atoms with Crippen LogP contribution in [0.2, 0.25) is 0 Å². The molecule has 3 aromatic rings. The van der Waals surface area contributed by atoms with Crippen LogP contribution in [-0.2, 0) is 4.79 Å². The van der Waals surface area contributed by atoms with Gasteiger partial charge in [0.25, 0.3) is 11.8 Å². The van der Waals surface area contributed by atoms with Gasteiger partial charge in [-0.1, -0.05) is 32.0 Å². The van der Waals surface area contributed by atoms with E-state index in [4.69, 9.17) is 11.5 Å². The van der Waals surface area contributed by atoms with E-state index < -0.39 is 23.8 Å². The quantitative estimate of drug-likeness (QED) is 0.302. The van der Waals surface area contributed by atoms with Crippen molar-refractivity contribution in [3.63, 3.8) is 0 Å². The van der Waals surface area contributed by atoms with Gasteiger partial charge < -0.3 is 27.0 Å². The molecule has 3 amide bonds. The number of amides is 3. The summed E-state index contributed by atoms with van der Waals surface area (Å²) in [5.74, 6) is -1.87. The average molecular weight is 498 g/mol. The van der Waals surface area contributed by atoms with E-state index in [1.807, 2.05) is 13.8 Å². The highest BCUT2D eigenvalue weighted by Gasteiger charge is 2.36. The third kappa shape index (κ3) is 5.87. The molecule has 7 N–H and O–H groups in total. The molecule has 1 aromatic heterocycles. The third-order valence-electron chi connectivity index (χ3n) is 5.22. The van der Waals surface area contributed by atoms with Crippen molar-refractivity contribution in [2.75, 3.05) is 17.2 Å². The van der Waals surface area contributed by atoms with Crippen LogP contribution in [-0.4, -0.2) is 38.9 Å². The zero-order valence-electron chi connectivity index (χ0n) is 19.3. The predicted octanol–water partition coefficient (Wildman–Crippen LogP) is 2.79. The van der Waals surface area contributed by atoms with Crippen LogP contribution in [0.25, 0.3) is 0 Å². The Morgan fingerprint density at radius 3 is 2.34 bits per heavy atom. The number of hydrogen-bond acceptors (Lipinski definition) is 8. The van der Waals surface area contributed by atoms with Crippen molar-refractivity contribution < 1.29 is 24.6 Å². The summed E-state index contributed by atoms with van der Waals surface area (Å²) in [4.78, 5) is 40.1. The lowest BCUT2D eigenvalue weighted by Crippen LogP contribution is -2.44. The Hall–Kier alpha value is -4.12. The number of aromatic nitrogens is 1. The average Bonchev–Trinajstić information content (AvgIpc) is 3.19. The molecule has 0 saturated carbocycles. The van der Waals surface area contributed by atoms with Crippen LogP contribution in [0.1, 0.15) is 52.0 Å². The number of nitrogens with one attached hydrogen (secondary N) is 1. The van der Waals surface area contributed by atoms with E-state index in [0.29, 0.717) is 29.6 Å². The van der Waals surface area contributed by atoms with Crippen LogP contribution < -0.4 is 21.7 Å². The van der Waals surface area contributed by atoms with Crippen molar-refractivity contribution >= 4 is 40.6 Å². The summed E-state index contributed by atoms with van der Waals surface area (Å²) in [5, 5.41) is 22.7. The Morgan fingerprint density at radius 1 is 1.09 bits per heavy atom. The van der Waals surface area contributed by atoms with Crippen LogP contribution in [0, 0.1) is 5.92 Å². The lowest BCUT2D eigenvalue weighted by Gasteiger charge is -2.31. The van der Waals surface area contributed by atoms with Gasteiger partial charge in [0.15, 0.2) is 5.69 Å². The number of aromatic hydroxyl groups is 2. The van der Waals surface area contributed by atoms with E-state index in [1.165, 1.54) is 47.4 Å². The SMILES string of the molecule is CC(C)CCNC(=O)C(c1ccc(O)cc1)N(C(=O)c1snc(C(N)=O)c1N)c1cccc(O)c1. The number of hydrogen-bond donors (Lipinski definition) is 5. The lowest BCUT2D eigenvalue weighted by atomic mass is 10.0. The fraction of sp³-hybridized carbons (Fsp3) is 0.250. The van der Waals surface area contributed by atoms with Gasteiger partial charge in [0.1, 0.15) is 22.4 Å². The van der Waals surface area contributed by atoms with E-state index in [-0.39, 0.29) is 33.4 Å². The van der Waals surface area contributed by atoms with Crippen molar-refractivity contribution in [3.8, 4) is 11.5 Å². The molecule has 3 rings (SSSR count). The number of benzene rings is 2. The monoisotopic (exact) mass is 497 g/mol. The van der Waals surface area contributed by atoms with E-state index in [9.17, 15) is 24.6 Å². The molecule has 1 heterocycles. The maximum Gasteiger partial charge on any atom is 0.273 e. The van der Waals surface area contributed by atoms with Gasteiger partial charge >= 0.3 is 0 Å². The van der Waals surface area contributed by atoms with Gasteiger partial charge in [-0.25, -0.2) is 0 Å².